The van der Waals surface area contributed by atoms with Crippen LogP contribution in [0, 0.1) is 5.92 Å². The van der Waals surface area contributed by atoms with Crippen LogP contribution in [0.15, 0.2) is 24.5 Å². The summed E-state index contributed by atoms with van der Waals surface area (Å²) < 4.78 is 6.63. The number of rotatable bonds is 6. The number of hydrogen-bond donors (Lipinski definition) is 5. The summed E-state index contributed by atoms with van der Waals surface area (Å²) in [4.78, 5) is 20.9. The van der Waals surface area contributed by atoms with Gasteiger partial charge in [0.1, 0.15) is 17.8 Å². The van der Waals surface area contributed by atoms with Gasteiger partial charge in [-0.05, 0) is 12.0 Å². The van der Waals surface area contributed by atoms with Gasteiger partial charge in [-0.1, -0.05) is 20.3 Å². The highest BCUT2D eigenvalue weighted by Crippen LogP contribution is 2.25. The predicted octanol–water partition coefficient (Wildman–Crippen LogP) is -2.61. The third kappa shape index (κ3) is 5.94. The van der Waals surface area contributed by atoms with Crippen molar-refractivity contribution in [1.82, 2.24) is 0 Å². The van der Waals surface area contributed by atoms with Crippen molar-refractivity contribution in [3.8, 4) is 0 Å². The molecule has 0 aromatic carbocycles. The Morgan fingerprint density at radius 2 is 2.00 bits per heavy atom. The van der Waals surface area contributed by atoms with Crippen molar-refractivity contribution >= 4 is 11.9 Å². The van der Waals surface area contributed by atoms with Gasteiger partial charge in [-0.3, -0.25) is 0 Å². The van der Waals surface area contributed by atoms with Crippen molar-refractivity contribution < 1.29 is 44.4 Å². The molecule has 0 unspecified atom stereocenters. The van der Waals surface area contributed by atoms with E-state index in [1.807, 2.05) is 6.92 Å². The molecule has 1 aromatic rings. The molecular weight excluding hydrogens is 360 g/mol. The van der Waals surface area contributed by atoms with Crippen molar-refractivity contribution in [2.75, 3.05) is 6.61 Å². The number of aliphatic carboxylic acids is 1. The van der Waals surface area contributed by atoms with Gasteiger partial charge in [0.15, 0.2) is 18.5 Å². The van der Waals surface area contributed by atoms with Gasteiger partial charge in [-0.25, -0.2) is 4.79 Å². The fourth-order valence-corrected chi connectivity index (χ4v) is 2.39. The number of pyridine rings is 1. The lowest BCUT2D eigenvalue weighted by atomic mass is 10.0. The number of carbonyl (C=O) groups excluding carboxylic acids is 1. The normalized spacial score (nSPS) is 26.6. The summed E-state index contributed by atoms with van der Waals surface area (Å²) in [6, 6.07) is 2.09. The van der Waals surface area contributed by atoms with E-state index in [0.717, 1.165) is 6.42 Å². The Hall–Kier alpha value is -2.11. The lowest BCUT2D eigenvalue weighted by Crippen LogP contribution is -2.46. The van der Waals surface area contributed by atoms with E-state index >= 15 is 0 Å². The first-order valence-electron chi connectivity index (χ1n) is 8.46. The maximum atomic E-state index is 10.8. The maximum Gasteiger partial charge on any atom is 0.341 e. The zero-order valence-electron chi connectivity index (χ0n) is 15.1. The van der Waals surface area contributed by atoms with Crippen molar-refractivity contribution in [2.24, 2.45) is 11.7 Å². The topological polar surface area (TPSA) is 177 Å². The predicted molar refractivity (Wildman–Crippen MR) is 89.0 cm³/mol. The minimum absolute atomic E-state index is 0.00926. The number of nitrogens with zero attached hydrogens (tertiary/aromatic N) is 1. The van der Waals surface area contributed by atoms with Gasteiger partial charge in [0.25, 0.3) is 6.23 Å². The van der Waals surface area contributed by atoms with Crippen LogP contribution in [0.25, 0.3) is 0 Å². The van der Waals surface area contributed by atoms with Gasteiger partial charge < -0.3 is 40.8 Å². The van der Waals surface area contributed by atoms with E-state index in [1.165, 1.54) is 29.1 Å². The zero-order valence-corrected chi connectivity index (χ0v) is 15.1. The third-order valence-corrected chi connectivity index (χ3v) is 4.41. The molecule has 1 aromatic heterocycles. The molecular formula is C17H26N2O8. The van der Waals surface area contributed by atoms with Gasteiger partial charge in [0, 0.05) is 12.1 Å². The third-order valence-electron chi connectivity index (χ3n) is 4.41. The summed E-state index contributed by atoms with van der Waals surface area (Å²) in [5.41, 5.74) is 5.25. The van der Waals surface area contributed by atoms with Gasteiger partial charge in [0.05, 0.1) is 12.6 Å². The van der Waals surface area contributed by atoms with Gasteiger partial charge in [-0.15, -0.1) is 0 Å². The summed E-state index contributed by atoms with van der Waals surface area (Å²) in [6.45, 7) is 3.27. The van der Waals surface area contributed by atoms with Gasteiger partial charge >= 0.3 is 5.97 Å². The fourth-order valence-electron chi connectivity index (χ4n) is 2.39. The molecule has 10 heteroatoms. The molecule has 2 heterocycles. The van der Waals surface area contributed by atoms with E-state index in [-0.39, 0.29) is 11.5 Å². The Labute approximate surface area is 156 Å². The molecule has 0 amide bonds. The van der Waals surface area contributed by atoms with Crippen LogP contribution in [0.5, 0.6) is 0 Å². The number of carboxylic acid groups (broad SMARTS) is 2. The van der Waals surface area contributed by atoms with Crippen LogP contribution in [-0.2, 0) is 9.53 Å². The second-order valence-electron chi connectivity index (χ2n) is 6.30. The molecule has 27 heavy (non-hydrogen) atoms. The van der Waals surface area contributed by atoms with Crippen LogP contribution >= 0.6 is 0 Å². The van der Waals surface area contributed by atoms with Crippen LogP contribution in [0.2, 0.25) is 0 Å². The number of aromatic carboxylic acids is 1. The first-order chi connectivity index (χ1) is 12.6. The van der Waals surface area contributed by atoms with Crippen LogP contribution in [0.4, 0.5) is 0 Å². The molecule has 1 saturated heterocycles. The SMILES string of the molecule is CC[C@H](C)[C@H](N)C(=O)[O-].O=C(O)c1ccc[n+]([C@@H]2O[C@H](CO)[C@@H](O)[C@H]2O)c1. The molecule has 0 saturated carbocycles. The van der Waals surface area contributed by atoms with Crippen LogP contribution in [0.1, 0.15) is 36.9 Å². The summed E-state index contributed by atoms with van der Waals surface area (Å²) in [7, 11) is 0. The number of carbonyl (C=O) groups is 2. The highest BCUT2D eigenvalue weighted by molar-refractivity contribution is 5.86. The smallest absolute Gasteiger partial charge is 0.341 e. The Morgan fingerprint density at radius 3 is 2.41 bits per heavy atom. The highest BCUT2D eigenvalue weighted by Gasteiger charge is 2.47. The van der Waals surface area contributed by atoms with Crippen LogP contribution in [0.3, 0.4) is 0 Å². The van der Waals surface area contributed by atoms with Crippen molar-refractivity contribution in [3.05, 3.63) is 30.1 Å². The summed E-state index contributed by atoms with van der Waals surface area (Å²) in [5, 5.41) is 47.3. The average Bonchev–Trinajstić information content (AvgIpc) is 2.95. The molecule has 0 bridgehead atoms. The lowest BCUT2D eigenvalue weighted by molar-refractivity contribution is -0.765. The standard InChI is InChI=1S/C11H13NO6.C6H13NO2/c13-5-7-8(14)9(15)10(18-7)12-3-1-2-6(4-12)11(16)17;1-3-4(2)5(7)6(8)9/h1-4,7-10,13-15H,5H2;4-5H,3,7H2,1-2H3,(H,8,9)/t7-,8-,9-,10-;4-,5-/m10/s1. The van der Waals surface area contributed by atoms with Crippen molar-refractivity contribution in [2.45, 2.75) is 50.8 Å². The maximum absolute atomic E-state index is 10.8. The monoisotopic (exact) mass is 386 g/mol. The molecule has 152 valence electrons. The summed E-state index contributed by atoms with van der Waals surface area (Å²) >= 11 is 0. The van der Waals surface area contributed by atoms with E-state index in [1.54, 1.807) is 6.92 Å². The second kappa shape index (κ2) is 10.3. The molecule has 0 radical (unpaired) electrons. The fraction of sp³-hybridized carbons (Fsp3) is 0.588. The molecule has 0 aliphatic carbocycles. The molecule has 2 rings (SSSR count). The Morgan fingerprint density at radius 1 is 1.37 bits per heavy atom. The van der Waals surface area contributed by atoms with E-state index in [2.05, 4.69) is 0 Å². The van der Waals surface area contributed by atoms with Crippen LogP contribution in [-0.4, -0.2) is 63.3 Å². The van der Waals surface area contributed by atoms with Crippen molar-refractivity contribution in [3.63, 3.8) is 0 Å². The number of nitrogens with two attached hydrogens (primary N) is 1. The Balaban J connectivity index is 0.000000345. The molecule has 1 fully saturated rings. The molecule has 0 spiro atoms. The number of aliphatic hydroxyl groups excluding tert-OH is 3. The van der Waals surface area contributed by atoms with E-state index in [9.17, 15) is 24.9 Å². The highest BCUT2D eigenvalue weighted by atomic mass is 16.6. The molecule has 10 nitrogen and oxygen atoms in total. The number of aromatic nitrogens is 1. The molecule has 1 aliphatic rings. The number of hydrogen-bond acceptors (Lipinski definition) is 8. The van der Waals surface area contributed by atoms with E-state index in [4.69, 9.17) is 20.7 Å². The van der Waals surface area contributed by atoms with Gasteiger partial charge in [-0.2, -0.15) is 4.57 Å². The Bertz CT molecular complexity index is 641. The minimum Gasteiger partial charge on any atom is -0.548 e. The van der Waals surface area contributed by atoms with Crippen molar-refractivity contribution in [1.29, 1.82) is 0 Å². The van der Waals surface area contributed by atoms with Crippen LogP contribution < -0.4 is 15.4 Å². The lowest BCUT2D eigenvalue weighted by Gasteiger charge is -2.18. The number of ether oxygens (including phenoxy) is 1. The minimum atomic E-state index is -1.23. The summed E-state index contributed by atoms with van der Waals surface area (Å²) in [6.07, 6.45) is -0.649. The number of carboxylic acids is 2. The van der Waals surface area contributed by atoms with Gasteiger partial charge in [0.2, 0.25) is 0 Å². The quantitative estimate of drug-likeness (QED) is 0.328. The average molecular weight is 386 g/mol. The first kappa shape index (κ1) is 22.9. The Kier molecular flexibility index (Phi) is 8.73. The molecule has 6 N–H and O–H groups in total. The zero-order chi connectivity index (χ0) is 20.7. The van der Waals surface area contributed by atoms with E-state index in [0.29, 0.717) is 0 Å². The second-order valence-corrected chi connectivity index (χ2v) is 6.30. The molecule has 1 aliphatic heterocycles. The summed E-state index contributed by atoms with van der Waals surface area (Å²) in [5.74, 6) is -2.25. The number of aliphatic hydroxyl groups is 3. The largest absolute Gasteiger partial charge is 0.548 e. The first-order valence-corrected chi connectivity index (χ1v) is 8.46. The molecule has 6 atom stereocenters. The van der Waals surface area contributed by atoms with E-state index < -0.39 is 49.1 Å².